The van der Waals surface area contributed by atoms with E-state index in [9.17, 15) is 5.11 Å². The fourth-order valence-corrected chi connectivity index (χ4v) is 2.39. The maximum absolute atomic E-state index is 10.3. The minimum Gasteiger partial charge on any atom is -0.380 e. The third kappa shape index (κ3) is 2.87. The van der Waals surface area contributed by atoms with Gasteiger partial charge in [-0.05, 0) is 46.7 Å². The summed E-state index contributed by atoms with van der Waals surface area (Å²) in [6.07, 6.45) is 4.03. The molecule has 1 aromatic heterocycles. The molecule has 90 valence electrons. The predicted octanol–water partition coefficient (Wildman–Crippen LogP) is 2.98. The normalized spacial score (nSPS) is 12.6. The van der Waals surface area contributed by atoms with Crippen LogP contribution in [0.2, 0.25) is 0 Å². The zero-order valence-corrected chi connectivity index (χ0v) is 11.8. The topological polar surface area (TPSA) is 38.0 Å². The fourth-order valence-electron chi connectivity index (χ4n) is 1.82. The molecule has 1 N–H and O–H groups in total. The number of halogens is 1. The molecule has 0 spiro atoms. The van der Waals surface area contributed by atoms with Crippen molar-refractivity contribution in [3.8, 4) is 0 Å². The summed E-state index contributed by atoms with van der Waals surface area (Å²) in [5, 5.41) is 10.3. The summed E-state index contributed by atoms with van der Waals surface area (Å²) < 4.78 is 3.12. The summed E-state index contributed by atoms with van der Waals surface area (Å²) in [5.41, 5.74) is 0.889. The van der Waals surface area contributed by atoms with E-state index < -0.39 is 6.10 Å². The lowest BCUT2D eigenvalue weighted by Gasteiger charge is -2.13. The van der Waals surface area contributed by atoms with Crippen molar-refractivity contribution >= 4 is 22.6 Å². The van der Waals surface area contributed by atoms with Gasteiger partial charge < -0.3 is 9.67 Å². The number of aliphatic hydroxyl groups is 1. The predicted molar refractivity (Wildman–Crippen MR) is 75.7 cm³/mol. The highest BCUT2D eigenvalue weighted by Crippen LogP contribution is 2.22. The van der Waals surface area contributed by atoms with Crippen molar-refractivity contribution in [1.29, 1.82) is 0 Å². The van der Waals surface area contributed by atoms with Crippen LogP contribution in [0.1, 0.15) is 30.8 Å². The Morgan fingerprint density at radius 1 is 1.47 bits per heavy atom. The molecule has 2 aromatic rings. The van der Waals surface area contributed by atoms with Crippen molar-refractivity contribution in [3.63, 3.8) is 0 Å². The number of imidazole rings is 1. The molecule has 0 saturated carbocycles. The van der Waals surface area contributed by atoms with Gasteiger partial charge in [-0.2, -0.15) is 0 Å². The lowest BCUT2D eigenvalue weighted by Crippen LogP contribution is -2.09. The summed E-state index contributed by atoms with van der Waals surface area (Å²) in [5.74, 6) is 0.717. The van der Waals surface area contributed by atoms with Crippen molar-refractivity contribution in [3.05, 3.63) is 51.6 Å². The maximum Gasteiger partial charge on any atom is 0.142 e. The first-order valence-corrected chi connectivity index (χ1v) is 6.74. The van der Waals surface area contributed by atoms with Crippen LogP contribution in [0.3, 0.4) is 0 Å². The van der Waals surface area contributed by atoms with E-state index in [-0.39, 0.29) is 0 Å². The van der Waals surface area contributed by atoms with Crippen LogP contribution >= 0.6 is 22.6 Å². The standard InChI is InChI=1S/C13H15IN2O/c1-2-7-16-8-6-15-13(16)12(17)10-4-3-5-11(14)9-10/h3-6,8-9,12,17H,2,7H2,1H3. The molecule has 17 heavy (non-hydrogen) atoms. The molecule has 0 aliphatic rings. The zero-order valence-electron chi connectivity index (χ0n) is 9.68. The SMILES string of the molecule is CCCn1ccnc1C(O)c1cccc(I)c1. The third-order valence-corrected chi connectivity index (χ3v) is 3.29. The maximum atomic E-state index is 10.3. The molecule has 0 radical (unpaired) electrons. The molecule has 1 unspecified atom stereocenters. The number of hydrogen-bond acceptors (Lipinski definition) is 2. The average Bonchev–Trinajstić information content (AvgIpc) is 2.77. The van der Waals surface area contributed by atoms with Crippen molar-refractivity contribution in [2.45, 2.75) is 26.0 Å². The average molecular weight is 342 g/mol. The number of rotatable bonds is 4. The minimum absolute atomic E-state index is 0.647. The van der Waals surface area contributed by atoms with E-state index in [0.717, 1.165) is 22.1 Å². The summed E-state index contributed by atoms with van der Waals surface area (Å²) in [7, 11) is 0. The first kappa shape index (κ1) is 12.6. The molecule has 0 fully saturated rings. The smallest absolute Gasteiger partial charge is 0.142 e. The molecule has 3 nitrogen and oxygen atoms in total. The van der Waals surface area contributed by atoms with Crippen molar-refractivity contribution in [1.82, 2.24) is 9.55 Å². The van der Waals surface area contributed by atoms with Crippen LogP contribution in [-0.2, 0) is 6.54 Å². The number of hydrogen-bond donors (Lipinski definition) is 1. The highest BCUT2D eigenvalue weighted by atomic mass is 127. The molecule has 1 atom stereocenters. The van der Waals surface area contributed by atoms with Gasteiger partial charge in [-0.1, -0.05) is 19.1 Å². The lowest BCUT2D eigenvalue weighted by molar-refractivity contribution is 0.204. The molecule has 0 amide bonds. The van der Waals surface area contributed by atoms with Gasteiger partial charge in [-0.3, -0.25) is 0 Å². The minimum atomic E-state index is -0.647. The Balaban J connectivity index is 2.30. The van der Waals surface area contributed by atoms with Gasteiger partial charge in [0.15, 0.2) is 0 Å². The van der Waals surface area contributed by atoms with Gasteiger partial charge in [-0.15, -0.1) is 0 Å². The van der Waals surface area contributed by atoms with Crippen LogP contribution < -0.4 is 0 Å². The first-order chi connectivity index (χ1) is 8.22. The Hall–Kier alpha value is -0.880. The largest absolute Gasteiger partial charge is 0.380 e. The van der Waals surface area contributed by atoms with E-state index in [1.807, 2.05) is 35.0 Å². The van der Waals surface area contributed by atoms with Crippen molar-refractivity contribution in [2.75, 3.05) is 0 Å². The van der Waals surface area contributed by atoms with Gasteiger partial charge in [0.05, 0.1) is 0 Å². The first-order valence-electron chi connectivity index (χ1n) is 5.67. The molecular weight excluding hydrogens is 327 g/mol. The summed E-state index contributed by atoms with van der Waals surface area (Å²) in [6, 6.07) is 7.87. The van der Waals surface area contributed by atoms with Crippen LogP contribution in [0, 0.1) is 3.57 Å². The number of aromatic nitrogens is 2. The number of aryl methyl sites for hydroxylation is 1. The highest BCUT2D eigenvalue weighted by molar-refractivity contribution is 14.1. The Morgan fingerprint density at radius 3 is 3.00 bits per heavy atom. The number of aliphatic hydroxyl groups excluding tert-OH is 1. The molecule has 1 heterocycles. The summed E-state index contributed by atoms with van der Waals surface area (Å²) in [6.45, 7) is 3.00. The van der Waals surface area contributed by atoms with Crippen molar-refractivity contribution < 1.29 is 5.11 Å². The van der Waals surface area contributed by atoms with Crippen LogP contribution in [0.4, 0.5) is 0 Å². The molecule has 0 saturated heterocycles. The van der Waals surface area contributed by atoms with Gasteiger partial charge in [0.1, 0.15) is 11.9 Å². The van der Waals surface area contributed by atoms with Crippen LogP contribution in [0.15, 0.2) is 36.7 Å². The summed E-state index contributed by atoms with van der Waals surface area (Å²) in [4.78, 5) is 4.25. The van der Waals surface area contributed by atoms with E-state index in [4.69, 9.17) is 0 Å². The Morgan fingerprint density at radius 2 is 2.29 bits per heavy atom. The van der Waals surface area contributed by atoms with Gasteiger partial charge in [0.2, 0.25) is 0 Å². The summed E-state index contributed by atoms with van der Waals surface area (Å²) >= 11 is 2.24. The van der Waals surface area contributed by atoms with Crippen LogP contribution in [0.25, 0.3) is 0 Å². The van der Waals surface area contributed by atoms with Gasteiger partial charge in [0, 0.05) is 22.5 Å². The number of benzene rings is 1. The molecule has 2 rings (SSSR count). The molecule has 0 bridgehead atoms. The van der Waals surface area contributed by atoms with E-state index in [1.165, 1.54) is 0 Å². The monoisotopic (exact) mass is 342 g/mol. The molecule has 1 aromatic carbocycles. The quantitative estimate of drug-likeness (QED) is 0.868. The second-order valence-corrected chi connectivity index (χ2v) is 5.18. The van der Waals surface area contributed by atoms with Crippen LogP contribution in [-0.4, -0.2) is 14.7 Å². The van der Waals surface area contributed by atoms with E-state index in [2.05, 4.69) is 34.5 Å². The third-order valence-electron chi connectivity index (χ3n) is 2.62. The van der Waals surface area contributed by atoms with Crippen molar-refractivity contribution in [2.24, 2.45) is 0 Å². The van der Waals surface area contributed by atoms with E-state index in [0.29, 0.717) is 5.82 Å². The Labute approximate surface area is 115 Å². The van der Waals surface area contributed by atoms with Gasteiger partial charge in [-0.25, -0.2) is 4.98 Å². The van der Waals surface area contributed by atoms with Crippen LogP contribution in [0.5, 0.6) is 0 Å². The molecular formula is C13H15IN2O. The second-order valence-electron chi connectivity index (χ2n) is 3.94. The van der Waals surface area contributed by atoms with E-state index in [1.54, 1.807) is 6.20 Å². The lowest BCUT2D eigenvalue weighted by atomic mass is 10.1. The molecule has 4 heteroatoms. The van der Waals surface area contributed by atoms with Gasteiger partial charge >= 0.3 is 0 Å². The molecule has 0 aliphatic heterocycles. The Kier molecular flexibility index (Phi) is 4.17. The Bertz CT molecular complexity index is 496. The second kappa shape index (κ2) is 5.64. The van der Waals surface area contributed by atoms with Gasteiger partial charge in [0.25, 0.3) is 0 Å². The number of nitrogens with zero attached hydrogens (tertiary/aromatic N) is 2. The fraction of sp³-hybridized carbons (Fsp3) is 0.308. The molecule has 0 aliphatic carbocycles. The zero-order chi connectivity index (χ0) is 12.3. The highest BCUT2D eigenvalue weighted by Gasteiger charge is 2.15. The van der Waals surface area contributed by atoms with E-state index >= 15 is 0 Å².